The Morgan fingerprint density at radius 3 is 2.65 bits per heavy atom. The highest BCUT2D eigenvalue weighted by Crippen LogP contribution is 2.16. The van der Waals surface area contributed by atoms with Gasteiger partial charge < -0.3 is 14.8 Å². The van der Waals surface area contributed by atoms with E-state index in [0.29, 0.717) is 5.39 Å². The number of halogens is 1. The van der Waals surface area contributed by atoms with Gasteiger partial charge in [-0.15, -0.1) is 0 Å². The standard InChI is InChI=1S/C11H13BClN3O4/c1-11(2,3)20-10(17)16-7(12(18)19)4-6-5-14-9(13)15-8(6)16/h4-5,18-19H,1-3H3. The summed E-state index contributed by atoms with van der Waals surface area (Å²) in [5, 5.41) is 19.1. The monoisotopic (exact) mass is 297 g/mol. The van der Waals surface area contributed by atoms with Crippen molar-refractivity contribution in [2.45, 2.75) is 26.4 Å². The van der Waals surface area contributed by atoms with Gasteiger partial charge in [-0.25, -0.2) is 14.3 Å². The SMILES string of the molecule is CC(C)(C)OC(=O)n1c(B(O)O)cc2cnc(Cl)nc21. The van der Waals surface area contributed by atoms with Crippen LogP contribution in [0, 0.1) is 0 Å². The number of rotatable bonds is 1. The molecule has 0 radical (unpaired) electrons. The molecule has 0 saturated heterocycles. The molecule has 2 aromatic rings. The van der Waals surface area contributed by atoms with Crippen molar-refractivity contribution < 1.29 is 19.6 Å². The molecule has 0 aliphatic heterocycles. The quantitative estimate of drug-likeness (QED) is 0.589. The number of fused-ring (bicyclic) bond motifs is 1. The Balaban J connectivity index is 2.62. The van der Waals surface area contributed by atoms with E-state index >= 15 is 0 Å². The Hall–Kier alpha value is -1.64. The zero-order chi connectivity index (χ0) is 15.1. The summed E-state index contributed by atoms with van der Waals surface area (Å²) in [5.74, 6) is 0. The van der Waals surface area contributed by atoms with E-state index in [9.17, 15) is 14.8 Å². The Morgan fingerprint density at radius 1 is 1.45 bits per heavy atom. The number of ether oxygens (including phenoxy) is 1. The number of hydrogen-bond donors (Lipinski definition) is 2. The number of hydrogen-bond acceptors (Lipinski definition) is 6. The molecule has 0 bridgehead atoms. The minimum absolute atomic E-state index is 0.0561. The van der Waals surface area contributed by atoms with Crippen molar-refractivity contribution in [3.8, 4) is 0 Å². The summed E-state index contributed by atoms with van der Waals surface area (Å²) in [7, 11) is -1.85. The van der Waals surface area contributed by atoms with Gasteiger partial charge in [-0.05, 0) is 38.4 Å². The smallest absolute Gasteiger partial charge is 0.443 e. The van der Waals surface area contributed by atoms with Gasteiger partial charge in [-0.3, -0.25) is 0 Å². The molecule has 0 aliphatic rings. The molecule has 106 valence electrons. The van der Waals surface area contributed by atoms with Gasteiger partial charge in [-0.1, -0.05) is 0 Å². The maximum absolute atomic E-state index is 12.2. The minimum atomic E-state index is -1.85. The average Bonchev–Trinajstić information content (AvgIpc) is 2.65. The molecule has 0 spiro atoms. The molecule has 0 unspecified atom stereocenters. The van der Waals surface area contributed by atoms with E-state index in [2.05, 4.69) is 9.97 Å². The third kappa shape index (κ3) is 2.92. The second-order valence-electron chi connectivity index (χ2n) is 5.18. The Bertz CT molecular complexity index is 665. The van der Waals surface area contributed by atoms with Gasteiger partial charge in [0.05, 0.1) is 5.59 Å². The van der Waals surface area contributed by atoms with Crippen molar-refractivity contribution in [1.29, 1.82) is 0 Å². The average molecular weight is 298 g/mol. The van der Waals surface area contributed by atoms with Crippen molar-refractivity contribution in [2.75, 3.05) is 0 Å². The minimum Gasteiger partial charge on any atom is -0.443 e. The van der Waals surface area contributed by atoms with Crippen LogP contribution in [0.4, 0.5) is 4.79 Å². The molecular formula is C11H13BClN3O4. The van der Waals surface area contributed by atoms with Crippen LogP contribution in [0.1, 0.15) is 20.8 Å². The molecule has 0 amide bonds. The number of aromatic nitrogens is 3. The van der Waals surface area contributed by atoms with Crippen LogP contribution in [-0.4, -0.2) is 43.4 Å². The zero-order valence-electron chi connectivity index (χ0n) is 11.2. The topological polar surface area (TPSA) is 97.5 Å². The first-order chi connectivity index (χ1) is 9.19. The molecule has 2 rings (SSSR count). The molecule has 2 heterocycles. The fraction of sp³-hybridized carbons (Fsp3) is 0.364. The van der Waals surface area contributed by atoms with Gasteiger partial charge in [-0.2, -0.15) is 4.98 Å². The molecule has 2 N–H and O–H groups in total. The van der Waals surface area contributed by atoms with Crippen LogP contribution in [0.3, 0.4) is 0 Å². The van der Waals surface area contributed by atoms with Gasteiger partial charge in [0.2, 0.25) is 5.28 Å². The molecule has 9 heteroatoms. The van der Waals surface area contributed by atoms with Crippen LogP contribution in [0.25, 0.3) is 11.0 Å². The molecule has 0 atom stereocenters. The van der Waals surface area contributed by atoms with Crippen LogP contribution in [0.2, 0.25) is 5.28 Å². The van der Waals surface area contributed by atoms with E-state index in [1.807, 2.05) is 0 Å². The maximum Gasteiger partial charge on any atom is 0.506 e. The van der Waals surface area contributed by atoms with Crippen molar-refractivity contribution in [3.63, 3.8) is 0 Å². The van der Waals surface area contributed by atoms with Crippen LogP contribution in [-0.2, 0) is 4.74 Å². The lowest BCUT2D eigenvalue weighted by Gasteiger charge is -2.20. The fourth-order valence-corrected chi connectivity index (χ4v) is 1.81. The van der Waals surface area contributed by atoms with E-state index in [-0.39, 0.29) is 16.5 Å². The largest absolute Gasteiger partial charge is 0.506 e. The maximum atomic E-state index is 12.2. The third-order valence-electron chi connectivity index (χ3n) is 2.38. The number of nitrogens with zero attached hydrogens (tertiary/aromatic N) is 3. The van der Waals surface area contributed by atoms with Crippen LogP contribution < -0.4 is 5.59 Å². The number of carbonyl (C=O) groups is 1. The molecule has 0 aromatic carbocycles. The predicted octanol–water partition coefficient (Wildman–Crippen LogP) is 0.548. The summed E-state index contributed by atoms with van der Waals surface area (Å²) in [4.78, 5) is 19.9. The van der Waals surface area contributed by atoms with E-state index in [1.54, 1.807) is 20.8 Å². The molecule has 0 saturated carbocycles. The highest BCUT2D eigenvalue weighted by molar-refractivity contribution is 6.59. The van der Waals surface area contributed by atoms with E-state index < -0.39 is 18.8 Å². The summed E-state index contributed by atoms with van der Waals surface area (Å²) >= 11 is 5.70. The summed E-state index contributed by atoms with van der Waals surface area (Å²) in [6, 6.07) is 1.39. The molecule has 0 aliphatic carbocycles. The van der Waals surface area contributed by atoms with E-state index in [1.165, 1.54) is 12.3 Å². The predicted molar refractivity (Wildman–Crippen MR) is 74.0 cm³/mol. The fourth-order valence-electron chi connectivity index (χ4n) is 1.68. The lowest BCUT2D eigenvalue weighted by molar-refractivity contribution is 0.0547. The first kappa shape index (κ1) is 14.8. The Labute approximate surface area is 120 Å². The van der Waals surface area contributed by atoms with E-state index in [0.717, 1.165) is 4.57 Å². The van der Waals surface area contributed by atoms with Crippen molar-refractivity contribution >= 4 is 41.4 Å². The highest BCUT2D eigenvalue weighted by Gasteiger charge is 2.28. The molecule has 7 nitrogen and oxygen atoms in total. The van der Waals surface area contributed by atoms with Crippen molar-refractivity contribution in [3.05, 3.63) is 17.5 Å². The zero-order valence-corrected chi connectivity index (χ0v) is 11.9. The third-order valence-corrected chi connectivity index (χ3v) is 2.56. The molecule has 20 heavy (non-hydrogen) atoms. The van der Waals surface area contributed by atoms with Crippen LogP contribution in [0.15, 0.2) is 12.3 Å². The van der Waals surface area contributed by atoms with Gasteiger partial charge in [0, 0.05) is 11.6 Å². The first-order valence-corrected chi connectivity index (χ1v) is 6.20. The Morgan fingerprint density at radius 2 is 2.10 bits per heavy atom. The summed E-state index contributed by atoms with van der Waals surface area (Å²) < 4.78 is 6.19. The summed E-state index contributed by atoms with van der Waals surface area (Å²) in [5.41, 5.74) is -0.643. The molecule has 2 aromatic heterocycles. The molecular weight excluding hydrogens is 284 g/mol. The molecule has 0 fully saturated rings. The van der Waals surface area contributed by atoms with Gasteiger partial charge >= 0.3 is 13.2 Å². The highest BCUT2D eigenvalue weighted by atomic mass is 35.5. The van der Waals surface area contributed by atoms with Crippen molar-refractivity contribution in [1.82, 2.24) is 14.5 Å². The lowest BCUT2D eigenvalue weighted by Crippen LogP contribution is -2.41. The van der Waals surface area contributed by atoms with Gasteiger partial charge in [0.25, 0.3) is 0 Å². The van der Waals surface area contributed by atoms with Gasteiger partial charge in [0.1, 0.15) is 5.60 Å². The summed E-state index contributed by atoms with van der Waals surface area (Å²) in [6.45, 7) is 5.11. The summed E-state index contributed by atoms with van der Waals surface area (Å²) in [6.07, 6.45) is 0.614. The second-order valence-corrected chi connectivity index (χ2v) is 5.51. The lowest BCUT2D eigenvalue weighted by atomic mass is 9.86. The van der Waals surface area contributed by atoms with Crippen LogP contribution >= 0.6 is 11.6 Å². The van der Waals surface area contributed by atoms with Crippen LogP contribution in [0.5, 0.6) is 0 Å². The Kier molecular flexibility index (Phi) is 3.72. The second kappa shape index (κ2) is 5.04. The van der Waals surface area contributed by atoms with Gasteiger partial charge in [0.15, 0.2) is 5.65 Å². The first-order valence-electron chi connectivity index (χ1n) is 5.82. The van der Waals surface area contributed by atoms with Crippen molar-refractivity contribution in [2.24, 2.45) is 0 Å². The van der Waals surface area contributed by atoms with E-state index in [4.69, 9.17) is 16.3 Å². The normalized spacial score (nSPS) is 11.7. The number of carbonyl (C=O) groups excluding carboxylic acids is 1.